The highest BCUT2D eigenvalue weighted by Gasteiger charge is 2.18. The second kappa shape index (κ2) is 5.65. The summed E-state index contributed by atoms with van der Waals surface area (Å²) in [6, 6.07) is 9.85. The summed E-state index contributed by atoms with van der Waals surface area (Å²) >= 11 is 0. The molecule has 1 heterocycles. The minimum Gasteiger partial charge on any atom is -0.359 e. The van der Waals surface area contributed by atoms with Gasteiger partial charge in [0.1, 0.15) is 0 Å². The Kier molecular flexibility index (Phi) is 3.94. The second-order valence-corrected chi connectivity index (χ2v) is 4.59. The Labute approximate surface area is 112 Å². The average molecular weight is 258 g/mol. The molecular weight excluding hydrogens is 240 g/mol. The first-order valence-corrected chi connectivity index (χ1v) is 6.31. The highest BCUT2D eigenvalue weighted by molar-refractivity contribution is 5.76. The van der Waals surface area contributed by atoms with E-state index < -0.39 is 0 Å². The molecule has 2 aromatic rings. The number of carbonyl (C=O) groups excluding carboxylic acids is 1. The van der Waals surface area contributed by atoms with Crippen LogP contribution in [-0.4, -0.2) is 27.9 Å². The molecule has 1 unspecified atom stereocenters. The van der Waals surface area contributed by atoms with E-state index >= 15 is 0 Å². The standard InChI is InChI=1S/C14H18N4O/c1-10(9-13(19)15-3)14-11(2)18(17-16-14)12-7-5-4-6-8-12/h4-8,10H,9H2,1-3H3,(H,15,19). The van der Waals surface area contributed by atoms with Gasteiger partial charge in [-0.05, 0) is 19.1 Å². The summed E-state index contributed by atoms with van der Waals surface area (Å²) in [5.41, 5.74) is 2.82. The molecule has 2 rings (SSSR count). The molecule has 100 valence electrons. The summed E-state index contributed by atoms with van der Waals surface area (Å²) in [6.07, 6.45) is 0.421. The van der Waals surface area contributed by atoms with Crippen LogP contribution in [0.15, 0.2) is 30.3 Å². The first kappa shape index (κ1) is 13.3. The smallest absolute Gasteiger partial charge is 0.220 e. The van der Waals surface area contributed by atoms with Gasteiger partial charge in [0, 0.05) is 19.4 Å². The predicted octanol–water partition coefficient (Wildman–Crippen LogP) is 1.82. The third-order valence-corrected chi connectivity index (χ3v) is 3.17. The van der Waals surface area contributed by atoms with Gasteiger partial charge < -0.3 is 5.32 Å². The van der Waals surface area contributed by atoms with E-state index in [9.17, 15) is 4.79 Å². The van der Waals surface area contributed by atoms with Gasteiger partial charge in [0.05, 0.1) is 17.1 Å². The van der Waals surface area contributed by atoms with Gasteiger partial charge >= 0.3 is 0 Å². The summed E-state index contributed by atoms with van der Waals surface area (Å²) in [5, 5.41) is 11.0. The molecule has 5 heteroatoms. The Bertz CT molecular complexity index is 562. The molecule has 0 saturated carbocycles. The normalized spacial score (nSPS) is 12.2. The van der Waals surface area contributed by atoms with Crippen molar-refractivity contribution in [1.29, 1.82) is 0 Å². The maximum absolute atomic E-state index is 11.4. The molecular formula is C14H18N4O. The van der Waals surface area contributed by atoms with Crippen LogP contribution in [0.5, 0.6) is 0 Å². The SMILES string of the molecule is CNC(=O)CC(C)c1nnn(-c2ccccc2)c1C. The van der Waals surface area contributed by atoms with Crippen molar-refractivity contribution >= 4 is 5.91 Å². The monoisotopic (exact) mass is 258 g/mol. The largest absolute Gasteiger partial charge is 0.359 e. The molecule has 0 fully saturated rings. The molecule has 1 aromatic heterocycles. The van der Waals surface area contributed by atoms with Gasteiger partial charge in [-0.1, -0.05) is 30.3 Å². The van der Waals surface area contributed by atoms with Gasteiger partial charge in [-0.25, -0.2) is 4.68 Å². The van der Waals surface area contributed by atoms with Crippen molar-refractivity contribution in [3.05, 3.63) is 41.7 Å². The zero-order valence-electron chi connectivity index (χ0n) is 11.4. The van der Waals surface area contributed by atoms with Crippen LogP contribution in [0.4, 0.5) is 0 Å². The van der Waals surface area contributed by atoms with Crippen molar-refractivity contribution in [1.82, 2.24) is 20.3 Å². The van der Waals surface area contributed by atoms with Gasteiger partial charge in [-0.2, -0.15) is 0 Å². The lowest BCUT2D eigenvalue weighted by atomic mass is 10.0. The average Bonchev–Trinajstić information content (AvgIpc) is 2.81. The van der Waals surface area contributed by atoms with Crippen LogP contribution in [0, 0.1) is 6.92 Å². The van der Waals surface area contributed by atoms with Crippen LogP contribution < -0.4 is 5.32 Å². The van der Waals surface area contributed by atoms with Gasteiger partial charge in [0.25, 0.3) is 0 Å². The van der Waals surface area contributed by atoms with Crippen molar-refractivity contribution in [3.8, 4) is 5.69 Å². The number of rotatable bonds is 4. The fourth-order valence-corrected chi connectivity index (χ4v) is 2.09. The van der Waals surface area contributed by atoms with Crippen molar-refractivity contribution in [3.63, 3.8) is 0 Å². The number of hydrogen-bond acceptors (Lipinski definition) is 3. The zero-order valence-corrected chi connectivity index (χ0v) is 11.4. The summed E-state index contributed by atoms with van der Waals surface area (Å²) in [6.45, 7) is 3.96. The number of nitrogens with zero attached hydrogens (tertiary/aromatic N) is 3. The lowest BCUT2D eigenvalue weighted by molar-refractivity contribution is -0.120. The van der Waals surface area contributed by atoms with Crippen LogP contribution >= 0.6 is 0 Å². The third-order valence-electron chi connectivity index (χ3n) is 3.17. The molecule has 1 N–H and O–H groups in total. The number of aromatic nitrogens is 3. The van der Waals surface area contributed by atoms with E-state index in [4.69, 9.17) is 0 Å². The molecule has 0 aliphatic heterocycles. The van der Waals surface area contributed by atoms with E-state index in [1.165, 1.54) is 0 Å². The van der Waals surface area contributed by atoms with Crippen LogP contribution in [0.25, 0.3) is 5.69 Å². The van der Waals surface area contributed by atoms with Crippen LogP contribution in [0.3, 0.4) is 0 Å². The lowest BCUT2D eigenvalue weighted by Gasteiger charge is -2.09. The van der Waals surface area contributed by atoms with Crippen molar-refractivity contribution in [2.24, 2.45) is 0 Å². The highest BCUT2D eigenvalue weighted by Crippen LogP contribution is 2.21. The van der Waals surface area contributed by atoms with Crippen LogP contribution in [-0.2, 0) is 4.79 Å². The number of para-hydroxylation sites is 1. The first-order chi connectivity index (χ1) is 9.13. The van der Waals surface area contributed by atoms with Crippen LogP contribution in [0.1, 0.15) is 30.7 Å². The lowest BCUT2D eigenvalue weighted by Crippen LogP contribution is -2.20. The summed E-state index contributed by atoms with van der Waals surface area (Å²) in [5.74, 6) is 0.0681. The van der Waals surface area contributed by atoms with E-state index in [0.717, 1.165) is 17.1 Å². The molecule has 19 heavy (non-hydrogen) atoms. The van der Waals surface area contributed by atoms with E-state index in [2.05, 4.69) is 15.6 Å². The zero-order chi connectivity index (χ0) is 13.8. The molecule has 1 atom stereocenters. The summed E-state index contributed by atoms with van der Waals surface area (Å²) < 4.78 is 1.80. The predicted molar refractivity (Wildman–Crippen MR) is 73.2 cm³/mol. The van der Waals surface area contributed by atoms with Gasteiger partial charge in [0.2, 0.25) is 5.91 Å². The van der Waals surface area contributed by atoms with Gasteiger partial charge in [-0.3, -0.25) is 4.79 Å². The van der Waals surface area contributed by atoms with Crippen molar-refractivity contribution in [2.75, 3.05) is 7.05 Å². The molecule has 0 bridgehead atoms. The maximum atomic E-state index is 11.4. The van der Waals surface area contributed by atoms with E-state index in [-0.39, 0.29) is 11.8 Å². The molecule has 5 nitrogen and oxygen atoms in total. The van der Waals surface area contributed by atoms with Crippen LogP contribution in [0.2, 0.25) is 0 Å². The minimum absolute atomic E-state index is 0.0150. The topological polar surface area (TPSA) is 59.8 Å². The third kappa shape index (κ3) is 2.81. The summed E-state index contributed by atoms with van der Waals surface area (Å²) in [4.78, 5) is 11.4. The molecule has 0 spiro atoms. The number of benzene rings is 1. The number of amides is 1. The van der Waals surface area contributed by atoms with Crippen molar-refractivity contribution in [2.45, 2.75) is 26.2 Å². The Hall–Kier alpha value is -2.17. The molecule has 0 aliphatic carbocycles. The molecule has 0 radical (unpaired) electrons. The number of nitrogens with one attached hydrogen (secondary N) is 1. The first-order valence-electron chi connectivity index (χ1n) is 6.31. The maximum Gasteiger partial charge on any atom is 0.220 e. The van der Waals surface area contributed by atoms with Gasteiger partial charge in [-0.15, -0.1) is 5.10 Å². The highest BCUT2D eigenvalue weighted by atomic mass is 16.1. The molecule has 0 aliphatic rings. The van der Waals surface area contributed by atoms with Gasteiger partial charge in [0.15, 0.2) is 0 Å². The van der Waals surface area contributed by atoms with E-state index in [1.807, 2.05) is 44.2 Å². The number of carbonyl (C=O) groups is 1. The molecule has 1 aromatic carbocycles. The Balaban J connectivity index is 2.26. The minimum atomic E-state index is 0.0150. The molecule has 1 amide bonds. The van der Waals surface area contributed by atoms with E-state index in [0.29, 0.717) is 6.42 Å². The number of hydrogen-bond donors (Lipinski definition) is 1. The molecule has 0 saturated heterocycles. The Morgan fingerprint density at radius 1 is 1.37 bits per heavy atom. The second-order valence-electron chi connectivity index (χ2n) is 4.59. The fraction of sp³-hybridized carbons (Fsp3) is 0.357. The Morgan fingerprint density at radius 3 is 2.68 bits per heavy atom. The summed E-state index contributed by atoms with van der Waals surface area (Å²) in [7, 11) is 1.64. The quantitative estimate of drug-likeness (QED) is 0.910. The van der Waals surface area contributed by atoms with Crippen molar-refractivity contribution < 1.29 is 4.79 Å². The fourth-order valence-electron chi connectivity index (χ4n) is 2.09. The van der Waals surface area contributed by atoms with E-state index in [1.54, 1.807) is 11.7 Å². The Morgan fingerprint density at radius 2 is 2.05 bits per heavy atom.